The third-order valence-electron chi connectivity index (χ3n) is 5.02. The van der Waals surface area contributed by atoms with E-state index in [1.165, 1.54) is 11.1 Å². The molecule has 2 unspecified atom stereocenters. The maximum absolute atomic E-state index is 12.7. The molecular weight excluding hydrogens is 262 g/mol. The van der Waals surface area contributed by atoms with Gasteiger partial charge in [-0.2, -0.15) is 0 Å². The van der Waals surface area contributed by atoms with Gasteiger partial charge in [-0.05, 0) is 36.8 Å². The molecule has 1 fully saturated rings. The summed E-state index contributed by atoms with van der Waals surface area (Å²) in [5, 5.41) is 0. The van der Waals surface area contributed by atoms with Crippen LogP contribution in [0.1, 0.15) is 37.3 Å². The summed E-state index contributed by atoms with van der Waals surface area (Å²) < 4.78 is 0. The number of ketones is 1. The van der Waals surface area contributed by atoms with E-state index in [1.54, 1.807) is 0 Å². The number of benzene rings is 1. The van der Waals surface area contributed by atoms with Crippen LogP contribution in [-0.4, -0.2) is 29.7 Å². The Morgan fingerprint density at radius 2 is 2.00 bits per heavy atom. The third kappa shape index (κ3) is 2.87. The van der Waals surface area contributed by atoms with Gasteiger partial charge in [0.25, 0.3) is 0 Å². The van der Waals surface area contributed by atoms with Gasteiger partial charge in [0.1, 0.15) is 5.78 Å². The van der Waals surface area contributed by atoms with Crippen molar-refractivity contribution in [2.24, 2.45) is 11.8 Å². The number of amides is 1. The maximum atomic E-state index is 12.7. The minimum absolute atomic E-state index is 0.0542. The fourth-order valence-corrected chi connectivity index (χ4v) is 3.63. The largest absolute Gasteiger partial charge is 0.341 e. The smallest absolute Gasteiger partial charge is 0.226 e. The van der Waals surface area contributed by atoms with Crippen LogP contribution in [0.15, 0.2) is 24.3 Å². The number of aryl methyl sites for hydroxylation is 1. The van der Waals surface area contributed by atoms with E-state index in [4.69, 9.17) is 0 Å². The predicted octanol–water partition coefficient (Wildman–Crippen LogP) is 2.62. The molecule has 1 heterocycles. The van der Waals surface area contributed by atoms with Crippen LogP contribution in [0.2, 0.25) is 0 Å². The first-order valence-corrected chi connectivity index (χ1v) is 8.07. The molecule has 1 aromatic carbocycles. The first-order valence-electron chi connectivity index (χ1n) is 8.07. The number of carbonyl (C=O) groups excluding carboxylic acids is 2. The van der Waals surface area contributed by atoms with Gasteiger partial charge in [-0.25, -0.2) is 0 Å². The second-order valence-corrected chi connectivity index (χ2v) is 6.31. The molecule has 0 spiro atoms. The molecule has 0 N–H and O–H groups in total. The zero-order valence-electron chi connectivity index (χ0n) is 12.7. The van der Waals surface area contributed by atoms with Gasteiger partial charge >= 0.3 is 0 Å². The molecule has 112 valence electrons. The minimum Gasteiger partial charge on any atom is -0.341 e. The summed E-state index contributed by atoms with van der Waals surface area (Å²) in [4.78, 5) is 26.5. The number of rotatable bonds is 2. The number of hydrogen-bond acceptors (Lipinski definition) is 2. The summed E-state index contributed by atoms with van der Waals surface area (Å²) in [5.41, 5.74) is 2.71. The highest BCUT2D eigenvalue weighted by atomic mass is 16.2. The van der Waals surface area contributed by atoms with Crippen LogP contribution in [0.25, 0.3) is 0 Å². The standard InChI is InChI=1S/C18H23NO2/c1-2-13-12-19(10-9-17(13)20)18(21)16-8-7-14-5-3-4-6-15(14)11-16/h3-6,13,16H,2,7-12H2,1H3. The number of Topliss-reactive ketones (excluding diaryl/α,β-unsaturated/α-hetero) is 1. The van der Waals surface area contributed by atoms with Crippen LogP contribution in [0.4, 0.5) is 0 Å². The lowest BCUT2D eigenvalue weighted by molar-refractivity contribution is -0.141. The van der Waals surface area contributed by atoms with Gasteiger partial charge in [0.15, 0.2) is 0 Å². The van der Waals surface area contributed by atoms with Gasteiger partial charge in [-0.1, -0.05) is 31.2 Å². The molecule has 0 bridgehead atoms. The van der Waals surface area contributed by atoms with Crippen molar-refractivity contribution < 1.29 is 9.59 Å². The Labute approximate surface area is 126 Å². The van der Waals surface area contributed by atoms with Gasteiger partial charge in [-0.3, -0.25) is 9.59 Å². The monoisotopic (exact) mass is 285 g/mol. The minimum atomic E-state index is 0.0542. The van der Waals surface area contributed by atoms with E-state index in [0.717, 1.165) is 25.7 Å². The van der Waals surface area contributed by atoms with Crippen molar-refractivity contribution in [1.82, 2.24) is 4.90 Å². The van der Waals surface area contributed by atoms with E-state index in [0.29, 0.717) is 25.3 Å². The van der Waals surface area contributed by atoms with E-state index in [9.17, 15) is 9.59 Å². The van der Waals surface area contributed by atoms with Crippen molar-refractivity contribution >= 4 is 11.7 Å². The summed E-state index contributed by atoms with van der Waals surface area (Å²) in [6.07, 6.45) is 4.17. The Hall–Kier alpha value is -1.64. The van der Waals surface area contributed by atoms with Crippen LogP contribution in [0, 0.1) is 11.8 Å². The normalized spacial score (nSPS) is 25.6. The number of piperidine rings is 1. The van der Waals surface area contributed by atoms with Crippen LogP contribution >= 0.6 is 0 Å². The summed E-state index contributed by atoms with van der Waals surface area (Å²) in [6.45, 7) is 3.28. The Bertz CT molecular complexity index is 552. The van der Waals surface area contributed by atoms with Crippen LogP contribution in [0.5, 0.6) is 0 Å². The number of hydrogen-bond donors (Lipinski definition) is 0. The van der Waals surface area contributed by atoms with E-state index < -0.39 is 0 Å². The second-order valence-electron chi connectivity index (χ2n) is 6.31. The van der Waals surface area contributed by atoms with Crippen LogP contribution in [0.3, 0.4) is 0 Å². The highest BCUT2D eigenvalue weighted by Crippen LogP contribution is 2.28. The lowest BCUT2D eigenvalue weighted by atomic mass is 9.82. The Balaban J connectivity index is 1.68. The lowest BCUT2D eigenvalue weighted by Crippen LogP contribution is -2.47. The molecule has 0 aromatic heterocycles. The molecule has 2 atom stereocenters. The zero-order valence-corrected chi connectivity index (χ0v) is 12.7. The number of fused-ring (bicyclic) bond motifs is 1. The zero-order chi connectivity index (χ0) is 14.8. The summed E-state index contributed by atoms with van der Waals surface area (Å²) >= 11 is 0. The molecule has 1 aromatic rings. The lowest BCUT2D eigenvalue weighted by Gasteiger charge is -2.35. The second kappa shape index (κ2) is 6.00. The van der Waals surface area contributed by atoms with E-state index in [1.807, 2.05) is 11.8 Å². The molecule has 0 saturated carbocycles. The van der Waals surface area contributed by atoms with Gasteiger partial charge < -0.3 is 4.90 Å². The van der Waals surface area contributed by atoms with Crippen molar-refractivity contribution in [2.75, 3.05) is 13.1 Å². The summed E-state index contributed by atoms with van der Waals surface area (Å²) in [6, 6.07) is 8.44. The molecule has 3 rings (SSSR count). The molecule has 1 amide bonds. The molecule has 2 aliphatic rings. The number of likely N-dealkylation sites (tertiary alicyclic amines) is 1. The average molecular weight is 285 g/mol. The molecule has 21 heavy (non-hydrogen) atoms. The number of carbonyl (C=O) groups is 2. The van der Waals surface area contributed by atoms with Crippen LogP contribution < -0.4 is 0 Å². The van der Waals surface area contributed by atoms with Crippen molar-refractivity contribution in [2.45, 2.75) is 39.0 Å². The van der Waals surface area contributed by atoms with Gasteiger partial charge in [0, 0.05) is 31.3 Å². The third-order valence-corrected chi connectivity index (χ3v) is 5.02. The Morgan fingerprint density at radius 1 is 1.24 bits per heavy atom. The molecule has 1 aliphatic carbocycles. The topological polar surface area (TPSA) is 37.4 Å². The first-order chi connectivity index (χ1) is 10.2. The molecule has 3 heteroatoms. The fraction of sp³-hybridized carbons (Fsp3) is 0.556. The van der Waals surface area contributed by atoms with Crippen molar-refractivity contribution in [3.8, 4) is 0 Å². The Morgan fingerprint density at radius 3 is 2.76 bits per heavy atom. The first kappa shape index (κ1) is 14.3. The molecule has 1 saturated heterocycles. The predicted molar refractivity (Wildman–Crippen MR) is 81.9 cm³/mol. The fourth-order valence-electron chi connectivity index (χ4n) is 3.63. The van der Waals surface area contributed by atoms with Gasteiger partial charge in [-0.15, -0.1) is 0 Å². The Kier molecular flexibility index (Phi) is 4.09. The van der Waals surface area contributed by atoms with E-state index >= 15 is 0 Å². The van der Waals surface area contributed by atoms with E-state index in [2.05, 4.69) is 24.3 Å². The van der Waals surface area contributed by atoms with Crippen LogP contribution in [-0.2, 0) is 22.4 Å². The molecule has 3 nitrogen and oxygen atoms in total. The van der Waals surface area contributed by atoms with E-state index in [-0.39, 0.29) is 17.7 Å². The molecule has 0 radical (unpaired) electrons. The molecular formula is C18H23NO2. The molecule has 1 aliphatic heterocycles. The van der Waals surface area contributed by atoms with Crippen molar-refractivity contribution in [3.63, 3.8) is 0 Å². The summed E-state index contributed by atoms with van der Waals surface area (Å²) in [5.74, 6) is 0.746. The highest BCUT2D eigenvalue weighted by molar-refractivity contribution is 5.86. The van der Waals surface area contributed by atoms with Crippen molar-refractivity contribution in [1.29, 1.82) is 0 Å². The summed E-state index contributed by atoms with van der Waals surface area (Å²) in [7, 11) is 0. The van der Waals surface area contributed by atoms with Crippen molar-refractivity contribution in [3.05, 3.63) is 35.4 Å². The quantitative estimate of drug-likeness (QED) is 0.837. The number of nitrogens with zero attached hydrogens (tertiary/aromatic N) is 1. The maximum Gasteiger partial charge on any atom is 0.226 e. The van der Waals surface area contributed by atoms with Gasteiger partial charge in [0.2, 0.25) is 5.91 Å². The average Bonchev–Trinajstić information content (AvgIpc) is 2.54. The van der Waals surface area contributed by atoms with Gasteiger partial charge in [0.05, 0.1) is 0 Å². The SMILES string of the molecule is CCC1CN(C(=O)C2CCc3ccccc3C2)CCC1=O. The highest BCUT2D eigenvalue weighted by Gasteiger charge is 2.33.